The average Bonchev–Trinajstić information content (AvgIpc) is 3.47. The van der Waals surface area contributed by atoms with Crippen molar-refractivity contribution in [3.63, 3.8) is 0 Å². The highest BCUT2D eigenvalue weighted by molar-refractivity contribution is 8.00. The summed E-state index contributed by atoms with van der Waals surface area (Å²) < 4.78 is 0. The van der Waals surface area contributed by atoms with Crippen molar-refractivity contribution in [1.82, 2.24) is 26.6 Å². The van der Waals surface area contributed by atoms with Crippen LogP contribution < -0.4 is 26.6 Å². The van der Waals surface area contributed by atoms with Crippen molar-refractivity contribution in [3.8, 4) is 0 Å². The van der Waals surface area contributed by atoms with Crippen molar-refractivity contribution in [2.75, 3.05) is 12.3 Å². The number of fused-ring (bicyclic) bond motifs is 1. The summed E-state index contributed by atoms with van der Waals surface area (Å²) in [5, 5.41) is 15.1. The predicted octanol–water partition coefficient (Wildman–Crippen LogP) is 3.77. The zero-order valence-electron chi connectivity index (χ0n) is 26.4. The van der Waals surface area contributed by atoms with Crippen LogP contribution in [0.2, 0.25) is 0 Å². The molecule has 0 radical (unpaired) electrons. The lowest BCUT2D eigenvalue weighted by atomic mass is 9.96. The molecule has 1 saturated carbocycles. The topological polar surface area (TPSA) is 146 Å². The van der Waals surface area contributed by atoms with E-state index in [0.717, 1.165) is 62.5 Å². The van der Waals surface area contributed by atoms with Crippen LogP contribution >= 0.6 is 11.8 Å². The lowest BCUT2D eigenvalue weighted by Gasteiger charge is -2.22. The Kier molecular flexibility index (Phi) is 14.5. The number of unbranched alkanes of at least 4 members (excludes halogenated alkanes) is 2. The van der Waals surface area contributed by atoms with Crippen molar-refractivity contribution >= 4 is 41.8 Å². The number of hydrogen-bond donors (Lipinski definition) is 5. The molecule has 2 saturated heterocycles. The second kappa shape index (κ2) is 18.8. The van der Waals surface area contributed by atoms with E-state index in [2.05, 4.69) is 26.6 Å². The fourth-order valence-electron chi connectivity index (χ4n) is 6.68. The van der Waals surface area contributed by atoms with Crippen molar-refractivity contribution in [3.05, 3.63) is 35.9 Å². The zero-order chi connectivity index (χ0) is 31.9. The maximum Gasteiger partial charge on any atom is 0.315 e. The highest BCUT2D eigenvalue weighted by Crippen LogP contribution is 2.33. The third kappa shape index (κ3) is 12.0. The van der Waals surface area contributed by atoms with E-state index < -0.39 is 12.1 Å². The molecule has 5 atom stereocenters. The molecule has 4 rings (SSSR count). The molecular formula is C34H51N5O5S. The molecule has 2 heterocycles. The van der Waals surface area contributed by atoms with Gasteiger partial charge in [0.2, 0.25) is 17.7 Å². The molecule has 1 aliphatic carbocycles. The van der Waals surface area contributed by atoms with Crippen molar-refractivity contribution in [2.24, 2.45) is 5.92 Å². The smallest absolute Gasteiger partial charge is 0.315 e. The summed E-state index contributed by atoms with van der Waals surface area (Å²) in [5.41, 5.74) is 0.941. The minimum atomic E-state index is -0.755. The normalized spacial score (nSPS) is 22.7. The van der Waals surface area contributed by atoms with Crippen molar-refractivity contribution in [1.29, 1.82) is 0 Å². The van der Waals surface area contributed by atoms with Crippen LogP contribution in [-0.4, -0.2) is 71.8 Å². The van der Waals surface area contributed by atoms with E-state index in [1.54, 1.807) is 0 Å². The first-order chi connectivity index (χ1) is 21.9. The fraction of sp³-hybridized carbons (Fsp3) is 0.676. The zero-order valence-corrected chi connectivity index (χ0v) is 27.2. The number of carbonyl (C=O) groups is 5. The number of carbonyl (C=O) groups excluding carboxylic acids is 5. The van der Waals surface area contributed by atoms with E-state index in [9.17, 15) is 24.0 Å². The summed E-state index contributed by atoms with van der Waals surface area (Å²) in [6.45, 7) is 0.520. The minimum Gasteiger partial charge on any atom is -0.356 e. The molecule has 3 aliphatic rings. The Morgan fingerprint density at radius 2 is 1.71 bits per heavy atom. The van der Waals surface area contributed by atoms with Gasteiger partial charge in [-0.2, -0.15) is 11.8 Å². The summed E-state index contributed by atoms with van der Waals surface area (Å²) in [6.07, 6.45) is 13.4. The number of rotatable bonds is 18. The van der Waals surface area contributed by atoms with Crippen LogP contribution in [-0.2, 0) is 25.6 Å². The van der Waals surface area contributed by atoms with Crippen LogP contribution in [0, 0.1) is 5.92 Å². The number of benzene rings is 1. The van der Waals surface area contributed by atoms with Crippen LogP contribution in [0.15, 0.2) is 30.3 Å². The monoisotopic (exact) mass is 641 g/mol. The van der Waals surface area contributed by atoms with E-state index in [1.807, 2.05) is 42.1 Å². The number of aldehydes is 1. The van der Waals surface area contributed by atoms with Crippen molar-refractivity contribution in [2.45, 2.75) is 126 Å². The Labute approximate surface area is 271 Å². The highest BCUT2D eigenvalue weighted by atomic mass is 32.2. The van der Waals surface area contributed by atoms with Gasteiger partial charge in [-0.15, -0.1) is 0 Å². The van der Waals surface area contributed by atoms with Gasteiger partial charge in [-0.25, -0.2) is 4.79 Å². The Bertz CT molecular complexity index is 1110. The lowest BCUT2D eigenvalue weighted by Crippen LogP contribution is -2.51. The number of amides is 5. The van der Waals surface area contributed by atoms with Crippen molar-refractivity contribution < 1.29 is 24.0 Å². The van der Waals surface area contributed by atoms with E-state index in [4.69, 9.17) is 0 Å². The molecule has 1 aromatic carbocycles. The minimum absolute atomic E-state index is 0.0198. The first kappa shape index (κ1) is 34.8. The van der Waals surface area contributed by atoms with Crippen LogP contribution in [0.3, 0.4) is 0 Å². The summed E-state index contributed by atoms with van der Waals surface area (Å²) in [4.78, 5) is 61.9. The van der Waals surface area contributed by atoms with Gasteiger partial charge in [0.15, 0.2) is 0 Å². The van der Waals surface area contributed by atoms with Crippen LogP contribution in [0.5, 0.6) is 0 Å². The first-order valence-electron chi connectivity index (χ1n) is 17.0. The van der Waals surface area contributed by atoms with Gasteiger partial charge in [-0.1, -0.05) is 62.4 Å². The van der Waals surface area contributed by atoms with Gasteiger partial charge >= 0.3 is 6.03 Å². The first-order valence-corrected chi connectivity index (χ1v) is 18.0. The molecule has 0 aromatic heterocycles. The Morgan fingerprint density at radius 3 is 2.47 bits per heavy atom. The van der Waals surface area contributed by atoms with Gasteiger partial charge in [0.1, 0.15) is 12.3 Å². The fourth-order valence-corrected chi connectivity index (χ4v) is 8.22. The average molecular weight is 642 g/mol. The van der Waals surface area contributed by atoms with Crippen LogP contribution in [0.1, 0.15) is 95.5 Å². The Morgan fingerprint density at radius 1 is 0.933 bits per heavy atom. The predicted molar refractivity (Wildman–Crippen MR) is 177 cm³/mol. The molecule has 248 valence electrons. The molecule has 0 bridgehead atoms. The summed E-state index contributed by atoms with van der Waals surface area (Å²) >= 11 is 1.89. The maximum atomic E-state index is 13.3. The van der Waals surface area contributed by atoms with E-state index >= 15 is 0 Å². The summed E-state index contributed by atoms with van der Waals surface area (Å²) in [6, 6.07) is 8.52. The lowest BCUT2D eigenvalue weighted by molar-refractivity contribution is -0.130. The van der Waals surface area contributed by atoms with Gasteiger partial charge in [0, 0.05) is 36.8 Å². The third-order valence-corrected chi connectivity index (χ3v) is 10.7. The molecule has 11 heteroatoms. The molecule has 0 unspecified atom stereocenters. The molecule has 1 aromatic rings. The SMILES string of the molecule is O=C[C@H](CCCCNC(=O)CCCC[C@@H]1SC[C@@H]2NC(=O)N[C@@H]21)NC(=O)[C@H](Cc1ccccc1)NC(=O)CC1CCCCCC1. The van der Waals surface area contributed by atoms with E-state index in [1.165, 1.54) is 12.8 Å². The van der Waals surface area contributed by atoms with E-state index in [-0.39, 0.29) is 35.8 Å². The Hall–Kier alpha value is -3.08. The maximum absolute atomic E-state index is 13.3. The second-order valence-corrected chi connectivity index (χ2v) is 14.1. The van der Waals surface area contributed by atoms with Gasteiger partial charge in [-0.05, 0) is 56.4 Å². The van der Waals surface area contributed by atoms with Gasteiger partial charge in [-0.3, -0.25) is 14.4 Å². The molecule has 5 amide bonds. The van der Waals surface area contributed by atoms with Gasteiger partial charge in [0.05, 0.1) is 18.1 Å². The Balaban J connectivity index is 1.12. The number of urea groups is 1. The van der Waals surface area contributed by atoms with Crippen LogP contribution in [0.4, 0.5) is 4.79 Å². The molecule has 2 aliphatic heterocycles. The molecule has 5 N–H and O–H groups in total. The molecule has 10 nitrogen and oxygen atoms in total. The summed E-state index contributed by atoms with van der Waals surface area (Å²) in [5.74, 6) is 0.856. The molecule has 0 spiro atoms. The molecule has 45 heavy (non-hydrogen) atoms. The standard InChI is InChI=1S/C34H51N5O5S/c40-22-26(16-10-11-19-35-30(41)18-9-8-17-29-32-28(23-45-29)38-34(44)39-32)36-33(43)27(20-24-12-6-3-7-13-24)37-31(42)21-25-14-4-1-2-5-15-25/h3,6-7,12-13,22,25-29,32H,1-2,4-5,8-11,14-21,23H2,(H,35,41)(H,36,43)(H,37,42)(H2,38,39,44)/t26-,27-,28-,29-,32-/m0/s1. The quantitative estimate of drug-likeness (QED) is 0.0714. The largest absolute Gasteiger partial charge is 0.356 e. The second-order valence-electron chi connectivity index (χ2n) is 12.8. The number of thioether (sulfide) groups is 1. The third-order valence-electron chi connectivity index (χ3n) is 9.22. The molecule has 3 fully saturated rings. The van der Waals surface area contributed by atoms with Gasteiger partial charge < -0.3 is 31.4 Å². The summed E-state index contributed by atoms with van der Waals surface area (Å²) in [7, 11) is 0. The van der Waals surface area contributed by atoms with E-state index in [0.29, 0.717) is 56.2 Å². The van der Waals surface area contributed by atoms with Gasteiger partial charge in [0.25, 0.3) is 0 Å². The van der Waals surface area contributed by atoms with Crippen LogP contribution in [0.25, 0.3) is 0 Å². The number of hydrogen-bond acceptors (Lipinski definition) is 6. The number of nitrogens with one attached hydrogen (secondary N) is 5. The highest BCUT2D eigenvalue weighted by Gasteiger charge is 2.42. The molecular weight excluding hydrogens is 590 g/mol.